The molecular weight excluding hydrogens is 414 g/mol. The minimum absolute atomic E-state index is 0.133. The van der Waals surface area contributed by atoms with Gasteiger partial charge in [0.1, 0.15) is 5.54 Å². The van der Waals surface area contributed by atoms with Gasteiger partial charge >= 0.3 is 0 Å². The van der Waals surface area contributed by atoms with Crippen LogP contribution in [0.1, 0.15) is 29.5 Å². The van der Waals surface area contributed by atoms with E-state index in [2.05, 4.69) is 10.2 Å². The molecule has 0 aliphatic carbocycles. The van der Waals surface area contributed by atoms with E-state index in [0.717, 1.165) is 35.2 Å². The molecule has 4 heterocycles. The first-order valence-electron chi connectivity index (χ1n) is 10.7. The van der Waals surface area contributed by atoms with Crippen molar-refractivity contribution in [1.29, 1.82) is 0 Å². The third-order valence-corrected chi connectivity index (χ3v) is 7.86. The fraction of sp³-hybridized carbons (Fsp3) is 0.375. The molecule has 4 atom stereocenters. The molecule has 4 aliphatic heterocycles. The Morgan fingerprint density at radius 1 is 1.10 bits per heavy atom. The van der Waals surface area contributed by atoms with Gasteiger partial charge in [-0.3, -0.25) is 19.3 Å². The van der Waals surface area contributed by atoms with Gasteiger partial charge in [-0.25, -0.2) is 4.90 Å². The molecule has 0 unspecified atom stereocenters. The van der Waals surface area contributed by atoms with E-state index < -0.39 is 17.4 Å². The summed E-state index contributed by atoms with van der Waals surface area (Å²) in [5, 5.41) is 3.41. The number of carbonyl (C=O) groups excluding carboxylic acids is 3. The van der Waals surface area contributed by atoms with E-state index in [9.17, 15) is 14.4 Å². The maximum Gasteiger partial charge on any atom is 0.250 e. The van der Waals surface area contributed by atoms with Crippen LogP contribution in [-0.4, -0.2) is 35.2 Å². The number of benzene rings is 2. The molecule has 31 heavy (non-hydrogen) atoms. The molecule has 0 bridgehead atoms. The lowest BCUT2D eigenvalue weighted by Crippen LogP contribution is -2.54. The Morgan fingerprint density at radius 3 is 2.65 bits per heavy atom. The molecule has 0 radical (unpaired) electrons. The van der Waals surface area contributed by atoms with Crippen LogP contribution in [0.5, 0.6) is 0 Å². The van der Waals surface area contributed by atoms with Crippen LogP contribution >= 0.6 is 11.6 Å². The summed E-state index contributed by atoms with van der Waals surface area (Å²) in [7, 11) is 0. The van der Waals surface area contributed by atoms with E-state index in [-0.39, 0.29) is 23.8 Å². The zero-order valence-electron chi connectivity index (χ0n) is 17.3. The maximum absolute atomic E-state index is 13.9. The predicted molar refractivity (Wildman–Crippen MR) is 117 cm³/mol. The number of imide groups is 1. The monoisotopic (exact) mass is 435 g/mol. The molecule has 1 spiro atoms. The number of anilines is 2. The highest BCUT2D eigenvalue weighted by molar-refractivity contribution is 6.36. The third-order valence-electron chi connectivity index (χ3n) is 7.54. The van der Waals surface area contributed by atoms with Crippen LogP contribution in [-0.2, 0) is 19.9 Å². The van der Waals surface area contributed by atoms with Crippen molar-refractivity contribution >= 4 is 40.7 Å². The van der Waals surface area contributed by atoms with Crippen molar-refractivity contribution < 1.29 is 14.4 Å². The van der Waals surface area contributed by atoms with E-state index in [1.807, 2.05) is 26.0 Å². The van der Waals surface area contributed by atoms with Crippen LogP contribution in [0, 0.1) is 25.7 Å². The van der Waals surface area contributed by atoms with Gasteiger partial charge in [-0.2, -0.15) is 0 Å². The molecule has 3 saturated heterocycles. The summed E-state index contributed by atoms with van der Waals surface area (Å²) in [5.41, 5.74) is 2.85. The summed E-state index contributed by atoms with van der Waals surface area (Å²) < 4.78 is 0. The van der Waals surface area contributed by atoms with Crippen LogP contribution in [0.2, 0.25) is 5.02 Å². The number of amides is 3. The summed E-state index contributed by atoms with van der Waals surface area (Å²) in [5.74, 6) is -2.09. The largest absolute Gasteiger partial charge is 0.324 e. The predicted octanol–water partition coefficient (Wildman–Crippen LogP) is 3.39. The van der Waals surface area contributed by atoms with Crippen LogP contribution in [0.4, 0.5) is 11.4 Å². The van der Waals surface area contributed by atoms with Crippen molar-refractivity contribution in [3.05, 3.63) is 58.1 Å². The Morgan fingerprint density at radius 2 is 1.87 bits per heavy atom. The third kappa shape index (κ3) is 2.14. The number of para-hydroxylation sites is 1. The zero-order chi connectivity index (χ0) is 21.7. The van der Waals surface area contributed by atoms with Gasteiger partial charge in [-0.05, 0) is 50.9 Å². The number of nitrogens with one attached hydrogen (secondary N) is 1. The lowest BCUT2D eigenvalue weighted by Gasteiger charge is -2.37. The van der Waals surface area contributed by atoms with E-state index in [4.69, 9.17) is 11.6 Å². The Kier molecular flexibility index (Phi) is 3.79. The number of halogens is 1. The second kappa shape index (κ2) is 6.17. The topological polar surface area (TPSA) is 69.7 Å². The molecule has 158 valence electrons. The normalized spacial score (nSPS) is 31.4. The van der Waals surface area contributed by atoms with E-state index in [1.54, 1.807) is 24.3 Å². The van der Waals surface area contributed by atoms with Crippen molar-refractivity contribution in [3.63, 3.8) is 0 Å². The average molecular weight is 436 g/mol. The van der Waals surface area contributed by atoms with E-state index >= 15 is 0 Å². The molecule has 7 heteroatoms. The highest BCUT2D eigenvalue weighted by Crippen LogP contribution is 2.61. The smallest absolute Gasteiger partial charge is 0.250 e. The Balaban J connectivity index is 1.60. The number of nitrogens with zero attached hydrogens (tertiary/aromatic N) is 2. The quantitative estimate of drug-likeness (QED) is 0.697. The molecule has 3 fully saturated rings. The molecule has 0 aromatic heterocycles. The molecule has 6 nitrogen and oxygen atoms in total. The summed E-state index contributed by atoms with van der Waals surface area (Å²) in [4.78, 5) is 44.7. The summed E-state index contributed by atoms with van der Waals surface area (Å²) in [6.45, 7) is 4.66. The number of rotatable bonds is 1. The van der Waals surface area contributed by atoms with Crippen molar-refractivity contribution in [2.45, 2.75) is 38.3 Å². The standard InChI is InChI=1S/C24H22ClN3O3/c1-12-10-13(2)20-14(11-12)24(23(31)26-20)19-18(17-8-5-9-27(17)24)21(29)28(22(19)30)16-7-4-3-6-15(16)25/h3-4,6-7,10-11,17-19H,5,8-9H2,1-2H3,(H,26,31)/t17-,18-,19+,24+/m1/s1. The molecule has 1 N–H and O–H groups in total. The van der Waals surface area contributed by atoms with Crippen LogP contribution in [0.3, 0.4) is 0 Å². The minimum atomic E-state index is -1.15. The molecule has 2 aromatic rings. The van der Waals surface area contributed by atoms with Crippen LogP contribution in [0.25, 0.3) is 0 Å². The fourth-order valence-electron chi connectivity index (χ4n) is 6.53. The molecular formula is C24H22ClN3O3. The second-order valence-corrected chi connectivity index (χ2v) is 9.50. The van der Waals surface area contributed by atoms with Gasteiger partial charge in [0.2, 0.25) is 17.7 Å². The van der Waals surface area contributed by atoms with Crippen LogP contribution < -0.4 is 10.2 Å². The number of hydrogen-bond acceptors (Lipinski definition) is 4. The van der Waals surface area contributed by atoms with Gasteiger partial charge in [0.25, 0.3) is 0 Å². The highest BCUT2D eigenvalue weighted by Gasteiger charge is 2.74. The molecule has 6 rings (SSSR count). The second-order valence-electron chi connectivity index (χ2n) is 9.09. The molecule has 0 saturated carbocycles. The van der Waals surface area contributed by atoms with Gasteiger partial charge in [-0.1, -0.05) is 41.4 Å². The summed E-state index contributed by atoms with van der Waals surface area (Å²) >= 11 is 6.37. The van der Waals surface area contributed by atoms with Gasteiger partial charge in [-0.15, -0.1) is 0 Å². The zero-order valence-corrected chi connectivity index (χ0v) is 18.1. The average Bonchev–Trinajstić information content (AvgIpc) is 3.42. The van der Waals surface area contributed by atoms with E-state index in [0.29, 0.717) is 17.3 Å². The summed E-state index contributed by atoms with van der Waals surface area (Å²) in [6.07, 6.45) is 1.70. The lowest BCUT2D eigenvalue weighted by atomic mass is 9.75. The Labute approximate surface area is 185 Å². The van der Waals surface area contributed by atoms with Gasteiger partial charge in [0.05, 0.1) is 22.5 Å². The van der Waals surface area contributed by atoms with Crippen LogP contribution in [0.15, 0.2) is 36.4 Å². The Hall–Kier alpha value is -2.70. The maximum atomic E-state index is 13.9. The molecule has 2 aromatic carbocycles. The first-order chi connectivity index (χ1) is 14.9. The highest BCUT2D eigenvalue weighted by atomic mass is 35.5. The summed E-state index contributed by atoms with van der Waals surface area (Å²) in [6, 6.07) is 10.8. The van der Waals surface area contributed by atoms with Gasteiger partial charge in [0, 0.05) is 17.3 Å². The fourth-order valence-corrected chi connectivity index (χ4v) is 6.75. The van der Waals surface area contributed by atoms with Gasteiger partial charge < -0.3 is 5.32 Å². The number of carbonyl (C=O) groups is 3. The van der Waals surface area contributed by atoms with Crippen molar-refractivity contribution in [3.8, 4) is 0 Å². The SMILES string of the molecule is Cc1cc(C)c2c(c1)[C@@]1(C(=O)N2)[C@@H]2C(=O)N(c3ccccc3Cl)C(=O)[C@@H]2[C@H]2CCCN21. The minimum Gasteiger partial charge on any atom is -0.324 e. The Bertz CT molecular complexity index is 1190. The van der Waals surface area contributed by atoms with Crippen molar-refractivity contribution in [2.24, 2.45) is 11.8 Å². The first kappa shape index (κ1) is 19.0. The lowest BCUT2D eigenvalue weighted by molar-refractivity contribution is -0.135. The van der Waals surface area contributed by atoms with Crippen molar-refractivity contribution in [2.75, 3.05) is 16.8 Å². The number of fused-ring (bicyclic) bond motifs is 7. The van der Waals surface area contributed by atoms with Gasteiger partial charge in [0.15, 0.2) is 0 Å². The van der Waals surface area contributed by atoms with E-state index in [1.165, 1.54) is 4.90 Å². The molecule has 3 amide bonds. The number of hydrogen-bond donors (Lipinski definition) is 1. The van der Waals surface area contributed by atoms with Crippen molar-refractivity contribution in [1.82, 2.24) is 4.90 Å². The molecule has 4 aliphatic rings. The first-order valence-corrected chi connectivity index (χ1v) is 11.1. The number of aryl methyl sites for hydroxylation is 2.